The second-order valence-corrected chi connectivity index (χ2v) is 5.86. The molecule has 5 heteroatoms. The van der Waals surface area contributed by atoms with E-state index in [4.69, 9.17) is 0 Å². The molecule has 0 saturated heterocycles. The Labute approximate surface area is 107 Å². The molecular formula is C13H14N2O2S. The fourth-order valence-electron chi connectivity index (χ4n) is 1.63. The molecule has 0 fully saturated rings. The molecule has 18 heavy (non-hydrogen) atoms. The van der Waals surface area contributed by atoms with Gasteiger partial charge < -0.3 is 0 Å². The summed E-state index contributed by atoms with van der Waals surface area (Å²) in [4.78, 5) is 4.41. The van der Waals surface area contributed by atoms with Gasteiger partial charge in [-0.1, -0.05) is 18.2 Å². The van der Waals surface area contributed by atoms with Crippen LogP contribution in [-0.4, -0.2) is 19.7 Å². The minimum Gasteiger partial charge on any atom is -0.284 e. The van der Waals surface area contributed by atoms with Crippen LogP contribution in [0.1, 0.15) is 5.69 Å². The lowest BCUT2D eigenvalue weighted by Gasteiger charge is -2.05. The molecule has 0 saturated carbocycles. The first kappa shape index (κ1) is 12.6. The SMILES string of the molecule is Cc1cccc(-c2ccc(NS(C)(=O)=O)cc2)n1. The standard InChI is InChI=1S/C13H14N2O2S/c1-10-4-3-5-13(14-10)11-6-8-12(9-7-11)15-18(2,16)17/h3-9,15H,1-2H3. The topological polar surface area (TPSA) is 59.1 Å². The van der Waals surface area contributed by atoms with Gasteiger partial charge in [0.2, 0.25) is 10.0 Å². The molecule has 2 rings (SSSR count). The quantitative estimate of drug-likeness (QED) is 0.924. The summed E-state index contributed by atoms with van der Waals surface area (Å²) < 4.78 is 24.6. The van der Waals surface area contributed by atoms with Gasteiger partial charge in [-0.05, 0) is 31.2 Å². The van der Waals surface area contributed by atoms with Crippen molar-refractivity contribution >= 4 is 15.7 Å². The van der Waals surface area contributed by atoms with Crippen molar-refractivity contribution in [3.63, 3.8) is 0 Å². The Morgan fingerprint density at radius 2 is 1.72 bits per heavy atom. The van der Waals surface area contributed by atoms with E-state index in [-0.39, 0.29) is 0 Å². The summed E-state index contributed by atoms with van der Waals surface area (Å²) in [6, 6.07) is 12.9. The van der Waals surface area contributed by atoms with E-state index in [1.54, 1.807) is 12.1 Å². The Morgan fingerprint density at radius 1 is 1.06 bits per heavy atom. The summed E-state index contributed by atoms with van der Waals surface area (Å²) in [5.41, 5.74) is 3.33. The molecule has 94 valence electrons. The van der Waals surface area contributed by atoms with E-state index in [9.17, 15) is 8.42 Å². The van der Waals surface area contributed by atoms with Gasteiger partial charge in [-0.15, -0.1) is 0 Å². The number of hydrogen-bond acceptors (Lipinski definition) is 3. The first-order valence-corrected chi connectivity index (χ1v) is 7.35. The zero-order valence-electron chi connectivity index (χ0n) is 10.2. The molecule has 0 aliphatic rings. The summed E-state index contributed by atoms with van der Waals surface area (Å²) in [5.74, 6) is 0. The lowest BCUT2D eigenvalue weighted by molar-refractivity contribution is 0.607. The fraction of sp³-hybridized carbons (Fsp3) is 0.154. The molecule has 2 aromatic rings. The second kappa shape index (κ2) is 4.78. The Hall–Kier alpha value is -1.88. The average Bonchev–Trinajstić information content (AvgIpc) is 2.28. The van der Waals surface area contributed by atoms with Gasteiger partial charge in [-0.25, -0.2) is 8.42 Å². The normalized spacial score (nSPS) is 11.2. The van der Waals surface area contributed by atoms with Gasteiger partial charge in [-0.2, -0.15) is 0 Å². The van der Waals surface area contributed by atoms with Crippen molar-refractivity contribution in [3.8, 4) is 11.3 Å². The predicted octanol–water partition coefficient (Wildman–Crippen LogP) is 2.43. The monoisotopic (exact) mass is 262 g/mol. The Bertz CT molecular complexity index is 649. The van der Waals surface area contributed by atoms with E-state index in [1.165, 1.54) is 0 Å². The first-order valence-electron chi connectivity index (χ1n) is 5.46. The number of pyridine rings is 1. The van der Waals surface area contributed by atoms with Crippen LogP contribution in [0, 0.1) is 6.92 Å². The van der Waals surface area contributed by atoms with Crippen LogP contribution >= 0.6 is 0 Å². The summed E-state index contributed by atoms with van der Waals surface area (Å²) >= 11 is 0. The molecule has 0 atom stereocenters. The van der Waals surface area contributed by atoms with E-state index in [0.29, 0.717) is 5.69 Å². The number of aryl methyl sites for hydroxylation is 1. The first-order chi connectivity index (χ1) is 8.44. The number of anilines is 1. The fourth-order valence-corrected chi connectivity index (χ4v) is 2.19. The van der Waals surface area contributed by atoms with Gasteiger partial charge in [0, 0.05) is 16.9 Å². The molecule has 0 bridgehead atoms. The predicted molar refractivity (Wildman–Crippen MR) is 72.9 cm³/mol. The van der Waals surface area contributed by atoms with E-state index in [1.807, 2.05) is 37.3 Å². The Morgan fingerprint density at radius 3 is 2.28 bits per heavy atom. The van der Waals surface area contributed by atoms with Crippen LogP contribution in [0.5, 0.6) is 0 Å². The maximum absolute atomic E-state index is 11.1. The van der Waals surface area contributed by atoms with Crippen LogP contribution in [0.2, 0.25) is 0 Å². The molecular weight excluding hydrogens is 248 g/mol. The van der Waals surface area contributed by atoms with Gasteiger partial charge in [0.05, 0.1) is 11.9 Å². The van der Waals surface area contributed by atoms with Gasteiger partial charge in [0.1, 0.15) is 0 Å². The van der Waals surface area contributed by atoms with Crippen LogP contribution in [-0.2, 0) is 10.0 Å². The molecule has 1 N–H and O–H groups in total. The highest BCUT2D eigenvalue weighted by molar-refractivity contribution is 7.92. The minimum atomic E-state index is -3.23. The zero-order valence-corrected chi connectivity index (χ0v) is 11.0. The van der Waals surface area contributed by atoms with Crippen molar-refractivity contribution in [3.05, 3.63) is 48.2 Å². The highest BCUT2D eigenvalue weighted by Gasteiger charge is 2.03. The van der Waals surface area contributed by atoms with Crippen molar-refractivity contribution in [1.29, 1.82) is 0 Å². The van der Waals surface area contributed by atoms with E-state index < -0.39 is 10.0 Å². The van der Waals surface area contributed by atoms with Crippen LogP contribution in [0.3, 0.4) is 0 Å². The number of sulfonamides is 1. The van der Waals surface area contributed by atoms with Crippen molar-refractivity contribution < 1.29 is 8.42 Å². The van der Waals surface area contributed by atoms with Crippen molar-refractivity contribution in [2.24, 2.45) is 0 Å². The maximum Gasteiger partial charge on any atom is 0.229 e. The second-order valence-electron chi connectivity index (χ2n) is 4.12. The molecule has 0 unspecified atom stereocenters. The number of nitrogens with one attached hydrogen (secondary N) is 1. The van der Waals surface area contributed by atoms with Crippen molar-refractivity contribution in [1.82, 2.24) is 4.98 Å². The number of rotatable bonds is 3. The molecule has 1 aromatic carbocycles. The molecule has 4 nitrogen and oxygen atoms in total. The lowest BCUT2D eigenvalue weighted by Crippen LogP contribution is -2.09. The van der Waals surface area contributed by atoms with Gasteiger partial charge in [0.25, 0.3) is 0 Å². The smallest absolute Gasteiger partial charge is 0.229 e. The molecule has 1 heterocycles. The average molecular weight is 262 g/mol. The van der Waals surface area contributed by atoms with Crippen LogP contribution in [0.25, 0.3) is 11.3 Å². The summed E-state index contributed by atoms with van der Waals surface area (Å²) in [7, 11) is -3.23. The van der Waals surface area contributed by atoms with Gasteiger partial charge in [0.15, 0.2) is 0 Å². The van der Waals surface area contributed by atoms with Crippen LogP contribution in [0.15, 0.2) is 42.5 Å². The van der Waals surface area contributed by atoms with E-state index in [0.717, 1.165) is 23.2 Å². The molecule has 0 radical (unpaired) electrons. The third-order valence-corrected chi connectivity index (χ3v) is 2.98. The molecule has 0 aliphatic heterocycles. The highest BCUT2D eigenvalue weighted by Crippen LogP contribution is 2.20. The number of benzene rings is 1. The minimum absolute atomic E-state index is 0.550. The zero-order chi connectivity index (χ0) is 13.2. The molecule has 0 amide bonds. The molecule has 0 spiro atoms. The molecule has 0 aliphatic carbocycles. The van der Waals surface area contributed by atoms with E-state index in [2.05, 4.69) is 9.71 Å². The Kier molecular flexibility index (Phi) is 3.34. The Balaban J connectivity index is 2.28. The lowest BCUT2D eigenvalue weighted by atomic mass is 10.1. The number of nitrogens with zero attached hydrogens (tertiary/aromatic N) is 1. The van der Waals surface area contributed by atoms with Gasteiger partial charge in [-0.3, -0.25) is 9.71 Å². The summed E-state index contributed by atoms with van der Waals surface area (Å²) in [6.45, 7) is 1.93. The van der Waals surface area contributed by atoms with Crippen LogP contribution < -0.4 is 4.72 Å². The highest BCUT2D eigenvalue weighted by atomic mass is 32.2. The van der Waals surface area contributed by atoms with Crippen molar-refractivity contribution in [2.45, 2.75) is 6.92 Å². The molecule has 1 aromatic heterocycles. The number of hydrogen-bond donors (Lipinski definition) is 1. The van der Waals surface area contributed by atoms with E-state index >= 15 is 0 Å². The third kappa shape index (κ3) is 3.30. The third-order valence-electron chi connectivity index (χ3n) is 2.37. The maximum atomic E-state index is 11.1. The van der Waals surface area contributed by atoms with Crippen molar-refractivity contribution in [2.75, 3.05) is 11.0 Å². The number of aromatic nitrogens is 1. The summed E-state index contributed by atoms with van der Waals surface area (Å²) in [5, 5.41) is 0. The van der Waals surface area contributed by atoms with Gasteiger partial charge >= 0.3 is 0 Å². The largest absolute Gasteiger partial charge is 0.284 e. The summed E-state index contributed by atoms with van der Waals surface area (Å²) in [6.07, 6.45) is 1.13. The van der Waals surface area contributed by atoms with Crippen LogP contribution in [0.4, 0.5) is 5.69 Å².